The van der Waals surface area contributed by atoms with Crippen LogP contribution in [0.5, 0.6) is 0 Å². The van der Waals surface area contributed by atoms with Gasteiger partial charge < -0.3 is 0 Å². The Bertz CT molecular complexity index is 2140. The summed E-state index contributed by atoms with van der Waals surface area (Å²) in [6.45, 7) is 28.9. The highest BCUT2D eigenvalue weighted by atomic mass is 14.6. The van der Waals surface area contributed by atoms with Crippen molar-refractivity contribution in [2.24, 2.45) is 10.8 Å². The first kappa shape index (κ1) is 30.7. The van der Waals surface area contributed by atoms with Crippen molar-refractivity contribution in [2.75, 3.05) is 0 Å². The van der Waals surface area contributed by atoms with Crippen LogP contribution >= 0.6 is 0 Å². The highest BCUT2D eigenvalue weighted by molar-refractivity contribution is 6.12. The molecule has 0 N–H and O–H groups in total. The lowest BCUT2D eigenvalue weighted by Crippen LogP contribution is -2.32. The normalized spacial score (nSPS) is 21.9. The van der Waals surface area contributed by atoms with Crippen LogP contribution in [-0.2, 0) is 16.2 Å². The van der Waals surface area contributed by atoms with Gasteiger partial charge in [0.2, 0.25) is 0 Å². The van der Waals surface area contributed by atoms with Crippen LogP contribution in [0.4, 0.5) is 0 Å². The minimum absolute atomic E-state index is 0.0364. The quantitative estimate of drug-likeness (QED) is 0.200. The first-order chi connectivity index (χ1) is 21.9. The van der Waals surface area contributed by atoms with Crippen molar-refractivity contribution in [1.82, 2.24) is 0 Å². The average Bonchev–Trinajstić information content (AvgIpc) is 3.51. The molecule has 0 aliphatic heterocycles. The van der Waals surface area contributed by atoms with Gasteiger partial charge in [-0.1, -0.05) is 168 Å². The van der Waals surface area contributed by atoms with Gasteiger partial charge in [-0.3, -0.25) is 0 Å². The molecule has 4 aliphatic rings. The van der Waals surface area contributed by atoms with Gasteiger partial charge in [0.25, 0.3) is 0 Å². The van der Waals surface area contributed by atoms with Crippen molar-refractivity contribution >= 4 is 21.9 Å². The Morgan fingerprint density at radius 2 is 1.32 bits per heavy atom. The molecule has 4 aromatic rings. The van der Waals surface area contributed by atoms with Crippen LogP contribution in [0.1, 0.15) is 134 Å². The number of hydrogen-bond donors (Lipinski definition) is 0. The summed E-state index contributed by atoms with van der Waals surface area (Å²) in [6.07, 6.45) is 6.27. The fourth-order valence-electron chi connectivity index (χ4n) is 9.86. The summed E-state index contributed by atoms with van der Waals surface area (Å²) in [6, 6.07) is 26.5. The Morgan fingerprint density at radius 1 is 0.638 bits per heavy atom. The van der Waals surface area contributed by atoms with Crippen LogP contribution in [0.2, 0.25) is 0 Å². The van der Waals surface area contributed by atoms with E-state index in [1.165, 1.54) is 77.6 Å². The lowest BCUT2D eigenvalue weighted by molar-refractivity contribution is 0.432. The zero-order valence-electron chi connectivity index (χ0n) is 30.8. The van der Waals surface area contributed by atoms with Gasteiger partial charge in [0.15, 0.2) is 0 Å². The third kappa shape index (κ3) is 3.94. The Hall–Kier alpha value is -3.64. The maximum absolute atomic E-state index is 2.71. The molecule has 1 atom stereocenters. The maximum atomic E-state index is 2.71. The van der Waals surface area contributed by atoms with Crippen molar-refractivity contribution in [3.63, 3.8) is 0 Å². The van der Waals surface area contributed by atoms with Crippen molar-refractivity contribution < 1.29 is 0 Å². The smallest absolute Gasteiger partial charge is 0.0443 e. The first-order valence-corrected chi connectivity index (χ1v) is 17.9. The summed E-state index contributed by atoms with van der Waals surface area (Å²) in [4.78, 5) is 0. The van der Waals surface area contributed by atoms with Gasteiger partial charge in [0.1, 0.15) is 0 Å². The first-order valence-electron chi connectivity index (χ1n) is 17.9. The van der Waals surface area contributed by atoms with Crippen molar-refractivity contribution in [3.05, 3.63) is 129 Å². The van der Waals surface area contributed by atoms with E-state index in [0.29, 0.717) is 5.92 Å². The zero-order chi connectivity index (χ0) is 33.6. The lowest BCUT2D eigenvalue weighted by Gasteiger charge is -2.41. The second-order valence-corrected chi connectivity index (χ2v) is 18.5. The van der Waals surface area contributed by atoms with E-state index in [1.54, 1.807) is 5.57 Å². The fraction of sp³-hybridized carbons (Fsp3) is 0.404. The number of rotatable bonds is 1. The standard InChI is InChI=1S/C47H52/c1-27(2)28-17-19-32-29(23-28)18-20-34-38-37(47(39(32)34)25-30(43(3,4)5)24-31(26-47)44(6,7)8)22-21-35-40(38)46(11,12)41-33-15-13-14-16-36(33)45(9,10)42(35)41/h13-25,27H,26H2,1-12H3. The second kappa shape index (κ2) is 9.28. The van der Waals surface area contributed by atoms with Crippen LogP contribution in [0.3, 0.4) is 0 Å². The highest BCUT2D eigenvalue weighted by Crippen LogP contribution is 2.68. The predicted molar refractivity (Wildman–Crippen MR) is 203 cm³/mol. The third-order valence-electron chi connectivity index (χ3n) is 12.4. The molecule has 0 saturated carbocycles. The maximum Gasteiger partial charge on any atom is 0.0443 e. The molecule has 47 heavy (non-hydrogen) atoms. The number of hydrogen-bond acceptors (Lipinski definition) is 0. The van der Waals surface area contributed by atoms with E-state index in [9.17, 15) is 0 Å². The molecule has 0 saturated heterocycles. The molecule has 0 radical (unpaired) electrons. The molecule has 0 fully saturated rings. The molecule has 1 unspecified atom stereocenters. The Labute approximate surface area is 283 Å². The minimum Gasteiger partial charge on any atom is -0.0655 e. The molecule has 1 spiro atoms. The molecule has 0 bridgehead atoms. The lowest BCUT2D eigenvalue weighted by atomic mass is 9.62. The van der Waals surface area contributed by atoms with E-state index < -0.39 is 0 Å². The SMILES string of the molecule is CC(C)c1ccc2c3c(ccc2c1)-c1c(ccc2c1C(C)(C)C1=C2C(C)(C)c2ccccc21)C31C=C(C(C)(C)C)C=C(C(C)(C)C)C1. The van der Waals surface area contributed by atoms with E-state index in [-0.39, 0.29) is 27.1 Å². The molecule has 0 amide bonds. The van der Waals surface area contributed by atoms with Gasteiger partial charge in [-0.25, -0.2) is 0 Å². The van der Waals surface area contributed by atoms with Crippen molar-refractivity contribution in [3.8, 4) is 11.1 Å². The van der Waals surface area contributed by atoms with Crippen LogP contribution in [0, 0.1) is 10.8 Å². The van der Waals surface area contributed by atoms with Gasteiger partial charge in [-0.05, 0) is 101 Å². The van der Waals surface area contributed by atoms with E-state index in [0.717, 1.165) is 6.42 Å². The number of benzene rings is 4. The minimum atomic E-state index is -0.227. The van der Waals surface area contributed by atoms with Crippen LogP contribution in [0.25, 0.3) is 33.0 Å². The molecule has 4 aromatic carbocycles. The van der Waals surface area contributed by atoms with E-state index >= 15 is 0 Å². The number of allylic oxidation sites excluding steroid dienone is 6. The molecule has 0 heteroatoms. The molecule has 0 aromatic heterocycles. The predicted octanol–water partition coefficient (Wildman–Crippen LogP) is 13.1. The van der Waals surface area contributed by atoms with Crippen LogP contribution in [-0.4, -0.2) is 0 Å². The highest BCUT2D eigenvalue weighted by Gasteiger charge is 2.54. The number of fused-ring (bicyclic) bond motifs is 12. The monoisotopic (exact) mass is 616 g/mol. The zero-order valence-corrected chi connectivity index (χ0v) is 30.8. The van der Waals surface area contributed by atoms with Crippen LogP contribution < -0.4 is 0 Å². The summed E-state index contributed by atoms with van der Waals surface area (Å²) in [5.41, 5.74) is 19.1. The molecule has 240 valence electrons. The summed E-state index contributed by atoms with van der Waals surface area (Å²) in [5.74, 6) is 0.500. The van der Waals surface area contributed by atoms with E-state index in [2.05, 4.69) is 162 Å². The fourth-order valence-corrected chi connectivity index (χ4v) is 9.86. The molecular weight excluding hydrogens is 565 g/mol. The molecule has 8 rings (SSSR count). The van der Waals surface area contributed by atoms with E-state index in [1.807, 2.05) is 0 Å². The molecule has 0 heterocycles. The molecule has 4 aliphatic carbocycles. The van der Waals surface area contributed by atoms with Gasteiger partial charge in [-0.15, -0.1) is 0 Å². The van der Waals surface area contributed by atoms with Crippen molar-refractivity contribution in [1.29, 1.82) is 0 Å². The third-order valence-corrected chi connectivity index (χ3v) is 12.4. The second-order valence-electron chi connectivity index (χ2n) is 18.5. The topological polar surface area (TPSA) is 0 Å². The Kier molecular flexibility index (Phi) is 6.06. The van der Waals surface area contributed by atoms with Gasteiger partial charge in [-0.2, -0.15) is 0 Å². The summed E-state index contributed by atoms with van der Waals surface area (Å²) >= 11 is 0. The summed E-state index contributed by atoms with van der Waals surface area (Å²) < 4.78 is 0. The van der Waals surface area contributed by atoms with Crippen molar-refractivity contribution in [2.45, 2.75) is 112 Å². The summed E-state index contributed by atoms with van der Waals surface area (Å²) in [5, 5.41) is 2.78. The molecular formula is C47H52. The average molecular weight is 617 g/mol. The van der Waals surface area contributed by atoms with Gasteiger partial charge >= 0.3 is 0 Å². The van der Waals surface area contributed by atoms with Gasteiger partial charge in [0.05, 0.1) is 0 Å². The van der Waals surface area contributed by atoms with E-state index in [4.69, 9.17) is 0 Å². The Balaban J connectivity index is 1.50. The van der Waals surface area contributed by atoms with Gasteiger partial charge in [0, 0.05) is 16.2 Å². The largest absolute Gasteiger partial charge is 0.0655 e. The summed E-state index contributed by atoms with van der Waals surface area (Å²) in [7, 11) is 0. The Morgan fingerprint density at radius 3 is 2.00 bits per heavy atom. The van der Waals surface area contributed by atoms with Crippen LogP contribution in [0.15, 0.2) is 90.0 Å². The molecule has 0 nitrogen and oxygen atoms in total.